The van der Waals surface area contributed by atoms with Gasteiger partial charge in [-0.15, -0.1) is 0 Å². The normalized spacial score (nSPS) is 17.9. The summed E-state index contributed by atoms with van der Waals surface area (Å²) >= 11 is 6.74. The van der Waals surface area contributed by atoms with E-state index in [-0.39, 0.29) is 23.9 Å². The second kappa shape index (κ2) is 10.6. The maximum atomic E-state index is 13.3. The van der Waals surface area contributed by atoms with Crippen LogP contribution in [0.15, 0.2) is 58.9 Å². The van der Waals surface area contributed by atoms with Gasteiger partial charge in [0, 0.05) is 60.0 Å². The highest BCUT2D eigenvalue weighted by atomic mass is 35.5. The van der Waals surface area contributed by atoms with Crippen molar-refractivity contribution in [2.75, 3.05) is 13.7 Å². The molecule has 5 rings (SSSR count). The number of methoxy groups -OCH3 is 1. The Balaban J connectivity index is 1.54. The number of carbonyl (C=O) groups excluding carboxylic acids is 2. The van der Waals surface area contributed by atoms with Crippen molar-refractivity contribution < 1.29 is 24.0 Å². The standard InChI is InChI=1S/C29H29ClN2O6/c1-3-31-21-6-4-8-23(33)27(21)26(28-22(31)7-5-9-24(28)34)18-14-20(30)29(25(15-18)37-2)38-16-17-10-12-19(13-11-17)32(35)36/h10-15,26H,3-9,16H2,1-2H3. The molecular weight excluding hydrogens is 508 g/mol. The quantitative estimate of drug-likeness (QED) is 0.304. The number of nitrogens with zero attached hydrogens (tertiary/aromatic N) is 2. The van der Waals surface area contributed by atoms with Gasteiger partial charge in [0.25, 0.3) is 5.69 Å². The van der Waals surface area contributed by atoms with Crippen LogP contribution in [0.3, 0.4) is 0 Å². The lowest BCUT2D eigenvalue weighted by molar-refractivity contribution is -0.384. The maximum absolute atomic E-state index is 13.3. The summed E-state index contributed by atoms with van der Waals surface area (Å²) < 4.78 is 11.6. The second-order valence-corrected chi connectivity index (χ2v) is 10.1. The summed E-state index contributed by atoms with van der Waals surface area (Å²) in [5.41, 5.74) is 4.91. The average molecular weight is 537 g/mol. The van der Waals surface area contributed by atoms with Crippen LogP contribution in [0.25, 0.3) is 0 Å². The van der Waals surface area contributed by atoms with Gasteiger partial charge in [-0.3, -0.25) is 19.7 Å². The average Bonchev–Trinajstić information content (AvgIpc) is 2.91. The molecular formula is C29H29ClN2O6. The Kier molecular flexibility index (Phi) is 7.25. The summed E-state index contributed by atoms with van der Waals surface area (Å²) in [6.45, 7) is 2.90. The van der Waals surface area contributed by atoms with Crippen molar-refractivity contribution in [1.82, 2.24) is 4.90 Å². The van der Waals surface area contributed by atoms with E-state index in [1.54, 1.807) is 18.2 Å². The number of non-ortho nitro benzene ring substituents is 1. The molecule has 0 spiro atoms. The molecule has 8 nitrogen and oxygen atoms in total. The number of allylic oxidation sites excluding steroid dienone is 4. The molecule has 2 aromatic carbocycles. The van der Waals surface area contributed by atoms with Gasteiger partial charge in [0.1, 0.15) is 6.61 Å². The van der Waals surface area contributed by atoms with Gasteiger partial charge in [-0.25, -0.2) is 0 Å². The minimum Gasteiger partial charge on any atom is -0.493 e. The van der Waals surface area contributed by atoms with Crippen LogP contribution in [-0.4, -0.2) is 35.0 Å². The van der Waals surface area contributed by atoms with Crippen LogP contribution in [-0.2, 0) is 16.2 Å². The van der Waals surface area contributed by atoms with E-state index in [1.807, 2.05) is 6.07 Å². The molecule has 0 N–H and O–H groups in total. The Morgan fingerprint density at radius 2 is 1.61 bits per heavy atom. The van der Waals surface area contributed by atoms with E-state index >= 15 is 0 Å². The number of nitro benzene ring substituents is 1. The minimum absolute atomic E-state index is 0.000274. The zero-order chi connectivity index (χ0) is 27.0. The zero-order valence-electron chi connectivity index (χ0n) is 21.4. The van der Waals surface area contributed by atoms with Gasteiger partial charge in [-0.05, 0) is 68.0 Å². The Bertz CT molecular complexity index is 1330. The van der Waals surface area contributed by atoms with E-state index in [0.717, 1.165) is 48.2 Å². The van der Waals surface area contributed by atoms with Crippen molar-refractivity contribution in [2.24, 2.45) is 0 Å². The molecule has 0 radical (unpaired) electrons. The van der Waals surface area contributed by atoms with Crippen LogP contribution in [0.1, 0.15) is 62.5 Å². The number of hydrogen-bond donors (Lipinski definition) is 0. The highest BCUT2D eigenvalue weighted by Crippen LogP contribution is 2.51. The number of ketones is 2. The largest absolute Gasteiger partial charge is 0.493 e. The number of Topliss-reactive ketones (excluding diaryl/α,β-unsaturated/α-hetero) is 2. The molecule has 9 heteroatoms. The monoisotopic (exact) mass is 536 g/mol. The Labute approximate surface area is 226 Å². The fourth-order valence-corrected chi connectivity index (χ4v) is 6.12. The summed E-state index contributed by atoms with van der Waals surface area (Å²) in [6, 6.07) is 9.66. The molecule has 0 saturated heterocycles. The lowest BCUT2D eigenvalue weighted by Crippen LogP contribution is -2.39. The lowest BCUT2D eigenvalue weighted by Gasteiger charge is -2.43. The van der Waals surface area contributed by atoms with E-state index < -0.39 is 10.8 Å². The fraction of sp³-hybridized carbons (Fsp3) is 0.379. The van der Waals surface area contributed by atoms with E-state index in [4.69, 9.17) is 21.1 Å². The number of benzene rings is 2. The number of halogens is 1. The van der Waals surface area contributed by atoms with Gasteiger partial charge < -0.3 is 14.4 Å². The third-order valence-electron chi connectivity index (χ3n) is 7.52. The predicted octanol–water partition coefficient (Wildman–Crippen LogP) is 6.27. The van der Waals surface area contributed by atoms with Crippen molar-refractivity contribution >= 4 is 28.9 Å². The molecule has 0 aromatic heterocycles. The molecule has 2 aromatic rings. The molecule has 0 saturated carbocycles. The first-order chi connectivity index (χ1) is 18.3. The van der Waals surface area contributed by atoms with Gasteiger partial charge in [0.2, 0.25) is 0 Å². The summed E-state index contributed by atoms with van der Waals surface area (Å²) in [6.07, 6.45) is 4.14. The van der Waals surface area contributed by atoms with Crippen LogP contribution in [0.4, 0.5) is 5.69 Å². The van der Waals surface area contributed by atoms with E-state index in [0.29, 0.717) is 47.1 Å². The molecule has 0 amide bonds. The summed E-state index contributed by atoms with van der Waals surface area (Å²) in [5.74, 6) is 0.388. The molecule has 0 bridgehead atoms. The van der Waals surface area contributed by atoms with Crippen LogP contribution in [0.5, 0.6) is 11.5 Å². The molecule has 38 heavy (non-hydrogen) atoms. The number of ether oxygens (including phenoxy) is 2. The van der Waals surface area contributed by atoms with Crippen LogP contribution >= 0.6 is 11.6 Å². The van der Waals surface area contributed by atoms with E-state index in [2.05, 4.69) is 11.8 Å². The molecule has 0 atom stereocenters. The third kappa shape index (κ3) is 4.58. The SMILES string of the molecule is CCN1C2=C(C(=O)CCC2)C(c2cc(Cl)c(OCc3ccc([N+](=O)[O-])cc3)c(OC)c2)C2=C1CCCC2=O. The Morgan fingerprint density at radius 3 is 2.13 bits per heavy atom. The number of rotatable bonds is 7. The van der Waals surface area contributed by atoms with Crippen molar-refractivity contribution in [2.45, 2.75) is 58.0 Å². The smallest absolute Gasteiger partial charge is 0.269 e. The summed E-state index contributed by atoms with van der Waals surface area (Å²) in [4.78, 5) is 39.3. The summed E-state index contributed by atoms with van der Waals surface area (Å²) in [7, 11) is 1.51. The van der Waals surface area contributed by atoms with Gasteiger partial charge in [-0.1, -0.05) is 11.6 Å². The van der Waals surface area contributed by atoms with Gasteiger partial charge in [-0.2, -0.15) is 0 Å². The van der Waals surface area contributed by atoms with Crippen molar-refractivity contribution in [1.29, 1.82) is 0 Å². The highest BCUT2D eigenvalue weighted by Gasteiger charge is 2.43. The molecule has 198 valence electrons. The van der Waals surface area contributed by atoms with Crippen LogP contribution in [0, 0.1) is 10.1 Å². The highest BCUT2D eigenvalue weighted by molar-refractivity contribution is 6.32. The summed E-state index contributed by atoms with van der Waals surface area (Å²) in [5, 5.41) is 11.2. The number of hydrogen-bond acceptors (Lipinski definition) is 7. The third-order valence-corrected chi connectivity index (χ3v) is 7.80. The number of carbonyl (C=O) groups is 2. The lowest BCUT2D eigenvalue weighted by atomic mass is 9.71. The van der Waals surface area contributed by atoms with Gasteiger partial charge in [0.15, 0.2) is 23.1 Å². The fourth-order valence-electron chi connectivity index (χ4n) is 5.85. The first kappa shape index (κ1) is 26.0. The number of nitro groups is 1. The topological polar surface area (TPSA) is 99.0 Å². The maximum Gasteiger partial charge on any atom is 0.269 e. The Hall–Kier alpha value is -3.65. The van der Waals surface area contributed by atoms with Crippen LogP contribution < -0.4 is 9.47 Å². The van der Waals surface area contributed by atoms with E-state index in [9.17, 15) is 19.7 Å². The minimum atomic E-state index is -0.487. The second-order valence-electron chi connectivity index (χ2n) is 9.70. The molecule has 1 aliphatic heterocycles. The van der Waals surface area contributed by atoms with Crippen molar-refractivity contribution in [3.63, 3.8) is 0 Å². The van der Waals surface area contributed by atoms with Gasteiger partial charge >= 0.3 is 0 Å². The van der Waals surface area contributed by atoms with Crippen LogP contribution in [0.2, 0.25) is 5.02 Å². The molecule has 1 heterocycles. The molecule has 2 aliphatic carbocycles. The first-order valence-corrected chi connectivity index (χ1v) is 13.2. The molecule has 0 fully saturated rings. The first-order valence-electron chi connectivity index (χ1n) is 12.9. The molecule has 0 unspecified atom stereocenters. The molecule has 3 aliphatic rings. The van der Waals surface area contributed by atoms with Crippen molar-refractivity contribution in [3.05, 3.63) is 85.2 Å². The Morgan fingerprint density at radius 1 is 1.00 bits per heavy atom. The van der Waals surface area contributed by atoms with E-state index in [1.165, 1.54) is 19.2 Å². The predicted molar refractivity (Wildman–Crippen MR) is 142 cm³/mol. The van der Waals surface area contributed by atoms with Gasteiger partial charge in [0.05, 0.1) is 17.1 Å². The van der Waals surface area contributed by atoms with Crippen molar-refractivity contribution in [3.8, 4) is 11.5 Å². The zero-order valence-corrected chi connectivity index (χ0v) is 22.2.